The highest BCUT2D eigenvalue weighted by Crippen LogP contribution is 2.18. The molecule has 1 unspecified atom stereocenters. The van der Waals surface area contributed by atoms with Crippen LogP contribution in [0.1, 0.15) is 25.5 Å². The van der Waals surface area contributed by atoms with Crippen LogP contribution in [0, 0.1) is 0 Å². The average molecular weight is 262 g/mol. The molecule has 1 aromatic rings. The summed E-state index contributed by atoms with van der Waals surface area (Å²) in [5.74, 6) is 0. The van der Waals surface area contributed by atoms with Gasteiger partial charge in [0.1, 0.15) is 0 Å². The van der Waals surface area contributed by atoms with Gasteiger partial charge in [-0.05, 0) is 45.1 Å². The molecule has 1 N–H and O–H groups in total. The van der Waals surface area contributed by atoms with Crippen molar-refractivity contribution in [2.75, 3.05) is 39.0 Å². The molecule has 2 rings (SSSR count). The van der Waals surface area contributed by atoms with Crippen molar-refractivity contribution < 1.29 is 0 Å². The Balaban J connectivity index is 1.88. The van der Waals surface area contributed by atoms with Crippen molar-refractivity contribution in [3.63, 3.8) is 0 Å². The van der Waals surface area contributed by atoms with Gasteiger partial charge in [0, 0.05) is 38.1 Å². The molecule has 4 nitrogen and oxygen atoms in total. The zero-order valence-corrected chi connectivity index (χ0v) is 12.4. The van der Waals surface area contributed by atoms with Gasteiger partial charge in [-0.1, -0.05) is 6.92 Å². The highest BCUT2D eigenvalue weighted by Gasteiger charge is 2.23. The van der Waals surface area contributed by atoms with E-state index in [1.165, 1.54) is 25.9 Å². The molecule has 0 bridgehead atoms. The lowest BCUT2D eigenvalue weighted by molar-refractivity contribution is 0.194. The van der Waals surface area contributed by atoms with E-state index in [1.807, 2.05) is 19.3 Å². The normalized spacial score (nSPS) is 20.1. The molecular formula is C15H26N4. The Morgan fingerprint density at radius 2 is 2.37 bits per heavy atom. The number of aromatic nitrogens is 1. The van der Waals surface area contributed by atoms with Gasteiger partial charge in [0.05, 0.1) is 5.69 Å². The van der Waals surface area contributed by atoms with Crippen molar-refractivity contribution in [1.29, 1.82) is 0 Å². The lowest BCUT2D eigenvalue weighted by Gasteiger charge is -2.27. The maximum atomic E-state index is 4.45. The number of anilines is 1. The number of nitrogens with zero attached hydrogens (tertiary/aromatic N) is 3. The van der Waals surface area contributed by atoms with Crippen molar-refractivity contribution in [2.24, 2.45) is 0 Å². The third-order valence-corrected chi connectivity index (χ3v) is 3.96. The standard InChI is InChI=1S/C15H26N4/c1-4-19-9-5-6-15(19)12-18(3)11-14-10-13(16-2)7-8-17-14/h7-8,10,15H,4-6,9,11-12H2,1-3H3,(H,16,17). The molecule has 0 aliphatic carbocycles. The van der Waals surface area contributed by atoms with E-state index >= 15 is 0 Å². The van der Waals surface area contributed by atoms with Crippen molar-refractivity contribution in [3.8, 4) is 0 Å². The van der Waals surface area contributed by atoms with Crippen molar-refractivity contribution in [3.05, 3.63) is 24.0 Å². The van der Waals surface area contributed by atoms with E-state index < -0.39 is 0 Å². The van der Waals surface area contributed by atoms with Crippen LogP contribution in [0.25, 0.3) is 0 Å². The van der Waals surface area contributed by atoms with Crippen molar-refractivity contribution in [1.82, 2.24) is 14.8 Å². The van der Waals surface area contributed by atoms with E-state index in [0.717, 1.165) is 30.5 Å². The van der Waals surface area contributed by atoms with E-state index in [-0.39, 0.29) is 0 Å². The highest BCUT2D eigenvalue weighted by molar-refractivity contribution is 5.42. The third-order valence-electron chi connectivity index (χ3n) is 3.96. The minimum Gasteiger partial charge on any atom is -0.388 e. The fourth-order valence-electron chi connectivity index (χ4n) is 2.94. The molecule has 2 heterocycles. The van der Waals surface area contributed by atoms with Gasteiger partial charge >= 0.3 is 0 Å². The molecule has 19 heavy (non-hydrogen) atoms. The first-order valence-corrected chi connectivity index (χ1v) is 7.28. The quantitative estimate of drug-likeness (QED) is 0.850. The van der Waals surface area contributed by atoms with Crippen LogP contribution in [0.15, 0.2) is 18.3 Å². The summed E-state index contributed by atoms with van der Waals surface area (Å²) >= 11 is 0. The van der Waals surface area contributed by atoms with Crippen LogP contribution in [0.4, 0.5) is 5.69 Å². The molecule has 1 atom stereocenters. The van der Waals surface area contributed by atoms with Crippen LogP contribution >= 0.6 is 0 Å². The molecule has 106 valence electrons. The minimum absolute atomic E-state index is 0.725. The van der Waals surface area contributed by atoms with Gasteiger partial charge < -0.3 is 5.32 Å². The first kappa shape index (κ1) is 14.3. The van der Waals surface area contributed by atoms with Crippen molar-refractivity contribution in [2.45, 2.75) is 32.4 Å². The van der Waals surface area contributed by atoms with Crippen LogP contribution in [-0.4, -0.2) is 54.6 Å². The second kappa shape index (κ2) is 6.87. The number of rotatable bonds is 6. The van der Waals surface area contributed by atoms with Gasteiger partial charge in [0.25, 0.3) is 0 Å². The molecule has 1 aliphatic heterocycles. The largest absolute Gasteiger partial charge is 0.388 e. The summed E-state index contributed by atoms with van der Waals surface area (Å²) in [6.45, 7) is 6.76. The van der Waals surface area contributed by atoms with Gasteiger partial charge in [-0.15, -0.1) is 0 Å². The Bertz CT molecular complexity index is 393. The Hall–Kier alpha value is -1.13. The molecule has 1 aromatic heterocycles. The summed E-state index contributed by atoms with van der Waals surface area (Å²) in [5.41, 5.74) is 2.27. The lowest BCUT2D eigenvalue weighted by Crippen LogP contribution is -2.38. The van der Waals surface area contributed by atoms with E-state index in [1.54, 1.807) is 0 Å². The maximum absolute atomic E-state index is 4.45. The second-order valence-corrected chi connectivity index (χ2v) is 5.41. The summed E-state index contributed by atoms with van der Waals surface area (Å²) in [5, 5.41) is 3.16. The van der Waals surface area contributed by atoms with Crippen LogP contribution in [0.5, 0.6) is 0 Å². The molecule has 0 amide bonds. The van der Waals surface area contributed by atoms with E-state index in [0.29, 0.717) is 0 Å². The number of hydrogen-bond donors (Lipinski definition) is 1. The molecule has 1 fully saturated rings. The molecule has 0 radical (unpaired) electrons. The zero-order valence-electron chi connectivity index (χ0n) is 12.4. The summed E-state index contributed by atoms with van der Waals surface area (Å²) in [6.07, 6.45) is 4.56. The number of nitrogens with one attached hydrogen (secondary N) is 1. The van der Waals surface area contributed by atoms with Gasteiger partial charge in [-0.2, -0.15) is 0 Å². The number of likely N-dealkylation sites (N-methyl/N-ethyl adjacent to an activating group) is 2. The van der Waals surface area contributed by atoms with Gasteiger partial charge in [0.2, 0.25) is 0 Å². The summed E-state index contributed by atoms with van der Waals surface area (Å²) in [6, 6.07) is 4.85. The predicted octanol–water partition coefficient (Wildman–Crippen LogP) is 2.04. The van der Waals surface area contributed by atoms with E-state index in [4.69, 9.17) is 0 Å². The van der Waals surface area contributed by atoms with Crippen molar-refractivity contribution >= 4 is 5.69 Å². The van der Waals surface area contributed by atoms with Crippen LogP contribution in [0.3, 0.4) is 0 Å². The lowest BCUT2D eigenvalue weighted by atomic mass is 10.2. The zero-order chi connectivity index (χ0) is 13.7. The monoisotopic (exact) mass is 262 g/mol. The van der Waals surface area contributed by atoms with Gasteiger partial charge in [-0.25, -0.2) is 0 Å². The first-order chi connectivity index (χ1) is 9.22. The highest BCUT2D eigenvalue weighted by atomic mass is 15.2. The molecule has 4 heteroatoms. The predicted molar refractivity (Wildman–Crippen MR) is 80.4 cm³/mol. The van der Waals surface area contributed by atoms with E-state index in [2.05, 4.69) is 40.1 Å². The second-order valence-electron chi connectivity index (χ2n) is 5.41. The summed E-state index contributed by atoms with van der Waals surface area (Å²) in [7, 11) is 4.14. The Kier molecular flexibility index (Phi) is 5.16. The van der Waals surface area contributed by atoms with Crippen LogP contribution in [0.2, 0.25) is 0 Å². The molecule has 0 aromatic carbocycles. The fraction of sp³-hybridized carbons (Fsp3) is 0.667. The number of pyridine rings is 1. The van der Waals surface area contributed by atoms with E-state index in [9.17, 15) is 0 Å². The number of hydrogen-bond acceptors (Lipinski definition) is 4. The number of likely N-dealkylation sites (tertiary alicyclic amines) is 1. The van der Waals surface area contributed by atoms with Crippen LogP contribution < -0.4 is 5.32 Å². The first-order valence-electron chi connectivity index (χ1n) is 7.28. The SMILES string of the molecule is CCN1CCCC1CN(C)Cc1cc(NC)ccn1. The molecule has 1 aliphatic rings. The molecule has 0 spiro atoms. The smallest absolute Gasteiger partial charge is 0.0564 e. The molecule has 0 saturated carbocycles. The average Bonchev–Trinajstić information content (AvgIpc) is 2.86. The fourth-order valence-corrected chi connectivity index (χ4v) is 2.94. The Morgan fingerprint density at radius 3 is 3.11 bits per heavy atom. The summed E-state index contributed by atoms with van der Waals surface area (Å²) < 4.78 is 0. The molecule has 1 saturated heterocycles. The molecular weight excluding hydrogens is 236 g/mol. The topological polar surface area (TPSA) is 31.4 Å². The van der Waals surface area contributed by atoms with Crippen LogP contribution in [-0.2, 0) is 6.54 Å². The summed E-state index contributed by atoms with van der Waals surface area (Å²) in [4.78, 5) is 9.43. The third kappa shape index (κ3) is 3.91. The van der Waals surface area contributed by atoms with Gasteiger partial charge in [0.15, 0.2) is 0 Å². The van der Waals surface area contributed by atoms with Gasteiger partial charge in [-0.3, -0.25) is 14.8 Å². The Morgan fingerprint density at radius 1 is 1.53 bits per heavy atom. The Labute approximate surface area is 116 Å². The maximum Gasteiger partial charge on any atom is 0.0564 e. The minimum atomic E-state index is 0.725.